The summed E-state index contributed by atoms with van der Waals surface area (Å²) in [6, 6.07) is 4.40. The quantitative estimate of drug-likeness (QED) is 0.614. The van der Waals surface area contributed by atoms with Crippen molar-refractivity contribution in [2.75, 3.05) is 20.2 Å². The molecule has 0 fully saturated rings. The Labute approximate surface area is 120 Å². The van der Waals surface area contributed by atoms with E-state index in [1.165, 1.54) is 18.2 Å². The van der Waals surface area contributed by atoms with Crippen LogP contribution < -0.4 is 10.1 Å². The Balaban J connectivity index is 0.00000172. The molecule has 0 aromatic heterocycles. The van der Waals surface area contributed by atoms with Crippen LogP contribution >= 0.6 is 0 Å². The van der Waals surface area contributed by atoms with Crippen LogP contribution in [0.15, 0.2) is 24.3 Å². The molecule has 3 nitrogen and oxygen atoms in total. The van der Waals surface area contributed by atoms with Gasteiger partial charge in [0.1, 0.15) is 18.2 Å². The van der Waals surface area contributed by atoms with Crippen molar-refractivity contribution in [2.45, 2.75) is 27.2 Å². The van der Waals surface area contributed by atoms with Gasteiger partial charge in [-0.15, -0.1) is 0 Å². The summed E-state index contributed by atoms with van der Waals surface area (Å²) in [5, 5.41) is 2.94. The second-order valence-corrected chi connectivity index (χ2v) is 3.83. The maximum atomic E-state index is 13.3. The predicted octanol–water partition coefficient (Wildman–Crippen LogP) is 3.44. The molecular formula is C16H24FNO2. The third-order valence-electron chi connectivity index (χ3n) is 2.32. The average Bonchev–Trinajstić information content (AvgIpc) is 2.46. The smallest absolute Gasteiger partial charge is 0.155 e. The molecule has 0 heterocycles. The first kappa shape index (κ1) is 18.3. The van der Waals surface area contributed by atoms with E-state index in [4.69, 9.17) is 4.74 Å². The molecule has 1 aromatic carbocycles. The summed E-state index contributed by atoms with van der Waals surface area (Å²) in [5.74, 6) is 0.103. The summed E-state index contributed by atoms with van der Waals surface area (Å²) in [7, 11) is 1.82. The second-order valence-electron chi connectivity index (χ2n) is 3.83. The van der Waals surface area contributed by atoms with Crippen molar-refractivity contribution in [3.05, 3.63) is 35.7 Å². The highest BCUT2D eigenvalue weighted by Crippen LogP contribution is 2.17. The van der Waals surface area contributed by atoms with Crippen LogP contribution in [0.25, 0.3) is 6.08 Å². The third kappa shape index (κ3) is 7.69. The number of benzene rings is 1. The Hall–Kier alpha value is -1.68. The fraction of sp³-hybridized carbons (Fsp3) is 0.438. The first-order valence-electron chi connectivity index (χ1n) is 6.94. The van der Waals surface area contributed by atoms with Gasteiger partial charge in [0, 0.05) is 19.0 Å². The molecule has 1 aromatic rings. The Bertz CT molecular complexity index is 430. The summed E-state index contributed by atoms with van der Waals surface area (Å²) in [4.78, 5) is 11.1. The lowest BCUT2D eigenvalue weighted by Crippen LogP contribution is -2.16. The zero-order chi connectivity index (χ0) is 15.4. The highest BCUT2D eigenvalue weighted by molar-refractivity contribution is 5.93. The van der Waals surface area contributed by atoms with Gasteiger partial charge in [0.25, 0.3) is 0 Å². The number of likely N-dealkylation sites (N-methyl/N-ethyl adjacent to an activating group) is 1. The van der Waals surface area contributed by atoms with Gasteiger partial charge < -0.3 is 10.1 Å². The molecule has 1 N–H and O–H groups in total. The Morgan fingerprint density at radius 3 is 2.65 bits per heavy atom. The Kier molecular flexibility index (Phi) is 10.2. The number of ketones is 1. The van der Waals surface area contributed by atoms with Gasteiger partial charge in [-0.25, -0.2) is 4.39 Å². The van der Waals surface area contributed by atoms with Crippen molar-refractivity contribution in [3.63, 3.8) is 0 Å². The Morgan fingerprint density at radius 1 is 1.35 bits per heavy atom. The minimum Gasteiger partial charge on any atom is -0.492 e. The van der Waals surface area contributed by atoms with Crippen LogP contribution in [0.3, 0.4) is 0 Å². The van der Waals surface area contributed by atoms with Gasteiger partial charge in [-0.1, -0.05) is 26.8 Å². The maximum Gasteiger partial charge on any atom is 0.155 e. The van der Waals surface area contributed by atoms with E-state index in [-0.39, 0.29) is 11.6 Å². The molecule has 0 unspecified atom stereocenters. The van der Waals surface area contributed by atoms with E-state index < -0.39 is 0 Å². The number of rotatable bonds is 7. The maximum absolute atomic E-state index is 13.3. The van der Waals surface area contributed by atoms with E-state index in [9.17, 15) is 9.18 Å². The van der Waals surface area contributed by atoms with Gasteiger partial charge in [0.2, 0.25) is 0 Å². The van der Waals surface area contributed by atoms with Crippen molar-refractivity contribution in [2.24, 2.45) is 0 Å². The normalized spacial score (nSPS) is 10.1. The number of hydrogen-bond donors (Lipinski definition) is 1. The van der Waals surface area contributed by atoms with Gasteiger partial charge >= 0.3 is 0 Å². The lowest BCUT2D eigenvalue weighted by atomic mass is 10.1. The predicted molar refractivity (Wildman–Crippen MR) is 81.5 cm³/mol. The lowest BCUT2D eigenvalue weighted by molar-refractivity contribution is -0.114. The molecule has 0 saturated heterocycles. The summed E-state index contributed by atoms with van der Waals surface area (Å²) < 4.78 is 18.7. The van der Waals surface area contributed by atoms with Gasteiger partial charge in [0.05, 0.1) is 0 Å². The number of allylic oxidation sites excluding steroid dienone is 1. The van der Waals surface area contributed by atoms with Crippen LogP contribution in [-0.4, -0.2) is 26.0 Å². The highest BCUT2D eigenvalue weighted by Gasteiger charge is 2.00. The van der Waals surface area contributed by atoms with Gasteiger partial charge in [0.15, 0.2) is 5.78 Å². The van der Waals surface area contributed by atoms with Crippen LogP contribution in [0.2, 0.25) is 0 Å². The summed E-state index contributed by atoms with van der Waals surface area (Å²) in [6.45, 7) is 6.94. The fourth-order valence-electron chi connectivity index (χ4n) is 1.34. The van der Waals surface area contributed by atoms with Crippen molar-refractivity contribution in [1.29, 1.82) is 0 Å². The molecule has 0 aliphatic heterocycles. The molecule has 112 valence electrons. The standard InChI is InChI=1S/C14H18FNO2.C2H6/c1-3-13(17)5-4-11-8-12(15)10-14(9-11)18-7-6-16-2;1-2/h4-5,8-10,16H,3,6-7H2,1-2H3;1-2H3/b5-4+;. The molecule has 0 bridgehead atoms. The first-order chi connectivity index (χ1) is 9.65. The number of carbonyl (C=O) groups excluding carboxylic acids is 1. The van der Waals surface area contributed by atoms with E-state index in [0.717, 1.165) is 0 Å². The molecule has 0 atom stereocenters. The molecule has 0 spiro atoms. The fourth-order valence-corrected chi connectivity index (χ4v) is 1.34. The number of hydrogen-bond acceptors (Lipinski definition) is 3. The van der Waals surface area contributed by atoms with E-state index in [1.807, 2.05) is 20.9 Å². The van der Waals surface area contributed by atoms with Crippen LogP contribution in [0, 0.1) is 5.82 Å². The van der Waals surface area contributed by atoms with Crippen molar-refractivity contribution in [3.8, 4) is 5.75 Å². The average molecular weight is 281 g/mol. The number of carbonyl (C=O) groups is 1. The molecule has 0 aliphatic carbocycles. The minimum atomic E-state index is -0.374. The van der Waals surface area contributed by atoms with Crippen LogP contribution in [0.5, 0.6) is 5.75 Å². The molecular weight excluding hydrogens is 257 g/mol. The van der Waals surface area contributed by atoms with Crippen LogP contribution in [0.4, 0.5) is 4.39 Å². The molecule has 0 radical (unpaired) electrons. The first-order valence-corrected chi connectivity index (χ1v) is 6.94. The summed E-state index contributed by atoms with van der Waals surface area (Å²) >= 11 is 0. The van der Waals surface area contributed by atoms with Crippen LogP contribution in [0.1, 0.15) is 32.8 Å². The third-order valence-corrected chi connectivity index (χ3v) is 2.32. The van der Waals surface area contributed by atoms with Crippen molar-refractivity contribution in [1.82, 2.24) is 5.32 Å². The molecule has 4 heteroatoms. The lowest BCUT2D eigenvalue weighted by Gasteiger charge is -2.06. The van der Waals surface area contributed by atoms with Gasteiger partial charge in [-0.05, 0) is 30.8 Å². The molecule has 20 heavy (non-hydrogen) atoms. The largest absolute Gasteiger partial charge is 0.492 e. The zero-order valence-corrected chi connectivity index (χ0v) is 12.7. The van der Waals surface area contributed by atoms with E-state index in [1.54, 1.807) is 19.1 Å². The van der Waals surface area contributed by atoms with Crippen molar-refractivity contribution >= 4 is 11.9 Å². The van der Waals surface area contributed by atoms with E-state index in [2.05, 4.69) is 5.32 Å². The summed E-state index contributed by atoms with van der Waals surface area (Å²) in [5.41, 5.74) is 0.622. The van der Waals surface area contributed by atoms with Crippen LogP contribution in [-0.2, 0) is 4.79 Å². The molecule has 0 aliphatic rings. The minimum absolute atomic E-state index is 0.0110. The second kappa shape index (κ2) is 11.2. The number of ether oxygens (including phenoxy) is 1. The zero-order valence-electron chi connectivity index (χ0n) is 12.7. The molecule has 0 saturated carbocycles. The SMILES string of the molecule is CC.CCC(=O)/C=C/c1cc(F)cc(OCCNC)c1. The highest BCUT2D eigenvalue weighted by atomic mass is 19.1. The molecule has 1 rings (SSSR count). The Morgan fingerprint density at radius 2 is 2.05 bits per heavy atom. The molecule has 0 amide bonds. The summed E-state index contributed by atoms with van der Waals surface area (Å²) in [6.07, 6.45) is 3.49. The number of nitrogens with one attached hydrogen (secondary N) is 1. The van der Waals surface area contributed by atoms with Crippen molar-refractivity contribution < 1.29 is 13.9 Å². The van der Waals surface area contributed by atoms with E-state index in [0.29, 0.717) is 30.9 Å². The number of halogens is 1. The van der Waals surface area contributed by atoms with Gasteiger partial charge in [-0.2, -0.15) is 0 Å². The monoisotopic (exact) mass is 281 g/mol. The van der Waals surface area contributed by atoms with Gasteiger partial charge in [-0.3, -0.25) is 4.79 Å². The van der Waals surface area contributed by atoms with E-state index >= 15 is 0 Å². The topological polar surface area (TPSA) is 38.3 Å².